The highest BCUT2D eigenvalue weighted by Crippen LogP contribution is 2.22. The Bertz CT molecular complexity index is 549. The first-order valence-electron chi connectivity index (χ1n) is 7.98. The summed E-state index contributed by atoms with van der Waals surface area (Å²) in [6, 6.07) is 7.18. The van der Waals surface area contributed by atoms with Crippen molar-refractivity contribution in [3.63, 3.8) is 0 Å². The Hall–Kier alpha value is -0.950. The lowest BCUT2D eigenvalue weighted by atomic mass is 10.1. The van der Waals surface area contributed by atoms with Gasteiger partial charge in [-0.1, -0.05) is 19.1 Å². The molecule has 6 heteroatoms. The van der Waals surface area contributed by atoms with Gasteiger partial charge in [0.15, 0.2) is 0 Å². The molecule has 1 heterocycles. The number of ether oxygens (including phenoxy) is 1. The average molecular weight is 326 g/mol. The molecular formula is C16H26N2O3S. The smallest absolute Gasteiger partial charge is 0.243 e. The van der Waals surface area contributed by atoms with Gasteiger partial charge < -0.3 is 10.5 Å². The molecule has 0 unspecified atom stereocenters. The molecule has 0 bridgehead atoms. The zero-order chi connectivity index (χ0) is 16.0. The van der Waals surface area contributed by atoms with Crippen LogP contribution in [-0.2, 0) is 21.2 Å². The van der Waals surface area contributed by atoms with E-state index in [0.717, 1.165) is 31.2 Å². The maximum atomic E-state index is 12.6. The number of sulfonamides is 1. The second-order valence-corrected chi connectivity index (χ2v) is 7.55. The molecule has 1 aromatic carbocycles. The van der Waals surface area contributed by atoms with Crippen LogP contribution < -0.4 is 5.73 Å². The monoisotopic (exact) mass is 326 g/mol. The van der Waals surface area contributed by atoms with Crippen molar-refractivity contribution in [2.24, 2.45) is 5.73 Å². The number of nitrogens with two attached hydrogens (primary N) is 1. The Balaban J connectivity index is 1.94. The van der Waals surface area contributed by atoms with Gasteiger partial charge in [0.05, 0.1) is 11.0 Å². The van der Waals surface area contributed by atoms with E-state index in [-0.39, 0.29) is 6.10 Å². The molecule has 1 fully saturated rings. The van der Waals surface area contributed by atoms with Crippen LogP contribution in [-0.4, -0.2) is 45.1 Å². The van der Waals surface area contributed by atoms with Gasteiger partial charge in [0, 0.05) is 19.7 Å². The highest BCUT2D eigenvalue weighted by Gasteiger charge is 2.29. The molecule has 0 amide bonds. The predicted octanol–water partition coefficient (Wildman–Crippen LogP) is 1.77. The third-order valence-electron chi connectivity index (χ3n) is 4.07. The zero-order valence-corrected chi connectivity index (χ0v) is 14.0. The van der Waals surface area contributed by atoms with Crippen LogP contribution in [0.2, 0.25) is 0 Å². The van der Waals surface area contributed by atoms with Crippen LogP contribution in [0.1, 0.15) is 31.7 Å². The maximum absolute atomic E-state index is 12.6. The molecule has 124 valence electrons. The molecule has 0 atom stereocenters. The molecule has 1 aromatic rings. The van der Waals surface area contributed by atoms with Gasteiger partial charge in [-0.25, -0.2) is 8.42 Å². The summed E-state index contributed by atoms with van der Waals surface area (Å²) < 4.78 is 32.5. The summed E-state index contributed by atoms with van der Waals surface area (Å²) in [6.45, 7) is 4.38. The van der Waals surface area contributed by atoms with Gasteiger partial charge in [-0.05, 0) is 49.9 Å². The van der Waals surface area contributed by atoms with Crippen LogP contribution in [0.4, 0.5) is 0 Å². The number of nitrogens with zero attached hydrogens (tertiary/aromatic N) is 1. The first-order chi connectivity index (χ1) is 10.6. The number of hydrogen-bond acceptors (Lipinski definition) is 4. The molecule has 0 saturated carbocycles. The predicted molar refractivity (Wildman–Crippen MR) is 87.2 cm³/mol. The van der Waals surface area contributed by atoms with Crippen LogP contribution in [0, 0.1) is 0 Å². The van der Waals surface area contributed by atoms with Crippen molar-refractivity contribution in [3.05, 3.63) is 29.8 Å². The van der Waals surface area contributed by atoms with E-state index in [1.54, 1.807) is 16.4 Å². The molecule has 5 nitrogen and oxygen atoms in total. The van der Waals surface area contributed by atoms with E-state index in [2.05, 4.69) is 6.92 Å². The standard InChI is InChI=1S/C16H26N2O3S/c1-2-14-4-6-16(7-5-14)22(19,20)18-11-8-15(9-12-18)21-13-3-10-17/h4-7,15H,2-3,8-13,17H2,1H3. The number of hydrogen-bond donors (Lipinski definition) is 1. The lowest BCUT2D eigenvalue weighted by molar-refractivity contribution is 0.0209. The lowest BCUT2D eigenvalue weighted by Gasteiger charge is -2.31. The van der Waals surface area contributed by atoms with Gasteiger partial charge in [-0.15, -0.1) is 0 Å². The van der Waals surface area contributed by atoms with Gasteiger partial charge in [0.1, 0.15) is 0 Å². The van der Waals surface area contributed by atoms with Crippen molar-refractivity contribution in [3.8, 4) is 0 Å². The average Bonchev–Trinajstić information content (AvgIpc) is 2.55. The maximum Gasteiger partial charge on any atom is 0.243 e. The fourth-order valence-electron chi connectivity index (χ4n) is 2.62. The second-order valence-electron chi connectivity index (χ2n) is 5.61. The Morgan fingerprint density at radius 1 is 1.23 bits per heavy atom. The van der Waals surface area contributed by atoms with E-state index in [9.17, 15) is 8.42 Å². The Labute approximate surface area is 133 Å². The molecule has 1 aliphatic heterocycles. The summed E-state index contributed by atoms with van der Waals surface area (Å²) in [5, 5.41) is 0. The molecule has 22 heavy (non-hydrogen) atoms. The number of rotatable bonds is 7. The molecular weight excluding hydrogens is 300 g/mol. The second kappa shape index (κ2) is 8.06. The van der Waals surface area contributed by atoms with Gasteiger partial charge >= 0.3 is 0 Å². The number of benzene rings is 1. The molecule has 2 rings (SSSR count). The van der Waals surface area contributed by atoms with Crippen molar-refractivity contribution in [1.82, 2.24) is 4.31 Å². The van der Waals surface area contributed by atoms with Crippen LogP contribution >= 0.6 is 0 Å². The zero-order valence-electron chi connectivity index (χ0n) is 13.2. The minimum atomic E-state index is -3.38. The summed E-state index contributed by atoms with van der Waals surface area (Å²) in [6.07, 6.45) is 3.41. The Morgan fingerprint density at radius 3 is 2.41 bits per heavy atom. The molecule has 0 aliphatic carbocycles. The molecule has 1 aliphatic rings. The van der Waals surface area contributed by atoms with E-state index in [1.165, 1.54) is 0 Å². The Kier molecular flexibility index (Phi) is 6.37. The SMILES string of the molecule is CCc1ccc(S(=O)(=O)N2CCC(OCCCN)CC2)cc1. The summed E-state index contributed by atoms with van der Waals surface area (Å²) in [7, 11) is -3.38. The van der Waals surface area contributed by atoms with Crippen molar-refractivity contribution in [2.45, 2.75) is 43.6 Å². The summed E-state index contributed by atoms with van der Waals surface area (Å²) in [5.41, 5.74) is 6.59. The van der Waals surface area contributed by atoms with Crippen LogP contribution in [0.25, 0.3) is 0 Å². The molecule has 1 saturated heterocycles. The van der Waals surface area contributed by atoms with E-state index >= 15 is 0 Å². The molecule has 0 spiro atoms. The van der Waals surface area contributed by atoms with Crippen molar-refractivity contribution < 1.29 is 13.2 Å². The first kappa shape index (κ1) is 17.4. The molecule has 0 aromatic heterocycles. The summed E-state index contributed by atoms with van der Waals surface area (Å²) in [5.74, 6) is 0. The van der Waals surface area contributed by atoms with Gasteiger partial charge in [0.25, 0.3) is 0 Å². The summed E-state index contributed by atoms with van der Waals surface area (Å²) >= 11 is 0. The van der Waals surface area contributed by atoms with Crippen molar-refractivity contribution in [1.29, 1.82) is 0 Å². The number of piperidine rings is 1. The van der Waals surface area contributed by atoms with Crippen LogP contribution in [0.15, 0.2) is 29.2 Å². The van der Waals surface area contributed by atoms with Gasteiger partial charge in [0.2, 0.25) is 10.0 Å². The highest BCUT2D eigenvalue weighted by atomic mass is 32.2. The molecule has 0 radical (unpaired) electrons. The first-order valence-corrected chi connectivity index (χ1v) is 9.42. The molecule has 2 N–H and O–H groups in total. The van der Waals surface area contributed by atoms with Gasteiger partial charge in [-0.3, -0.25) is 0 Å². The highest BCUT2D eigenvalue weighted by molar-refractivity contribution is 7.89. The van der Waals surface area contributed by atoms with Crippen LogP contribution in [0.5, 0.6) is 0 Å². The minimum Gasteiger partial charge on any atom is -0.378 e. The number of aryl methyl sites for hydroxylation is 1. The quantitative estimate of drug-likeness (QED) is 0.775. The largest absolute Gasteiger partial charge is 0.378 e. The summed E-state index contributed by atoms with van der Waals surface area (Å²) in [4.78, 5) is 0.382. The van der Waals surface area contributed by atoms with Crippen LogP contribution in [0.3, 0.4) is 0 Å². The van der Waals surface area contributed by atoms with E-state index < -0.39 is 10.0 Å². The third kappa shape index (κ3) is 4.29. The third-order valence-corrected chi connectivity index (χ3v) is 5.99. The van der Waals surface area contributed by atoms with Gasteiger partial charge in [-0.2, -0.15) is 4.31 Å². The normalized spacial score (nSPS) is 17.7. The lowest BCUT2D eigenvalue weighted by Crippen LogP contribution is -2.41. The van der Waals surface area contributed by atoms with Crippen molar-refractivity contribution >= 4 is 10.0 Å². The Morgan fingerprint density at radius 2 is 1.86 bits per heavy atom. The fraction of sp³-hybridized carbons (Fsp3) is 0.625. The van der Waals surface area contributed by atoms with E-state index in [0.29, 0.717) is 31.1 Å². The van der Waals surface area contributed by atoms with E-state index in [1.807, 2.05) is 12.1 Å². The van der Waals surface area contributed by atoms with E-state index in [4.69, 9.17) is 10.5 Å². The fourth-order valence-corrected chi connectivity index (χ4v) is 4.09. The minimum absolute atomic E-state index is 0.153. The topological polar surface area (TPSA) is 72.6 Å². The van der Waals surface area contributed by atoms with Crippen molar-refractivity contribution in [2.75, 3.05) is 26.2 Å².